The van der Waals surface area contributed by atoms with Gasteiger partial charge in [-0.15, -0.1) is 0 Å². The highest BCUT2D eigenvalue weighted by atomic mass is 32.2. The molecule has 0 unspecified atom stereocenters. The monoisotopic (exact) mass is 439 g/mol. The number of nitrogens with one attached hydrogen (secondary N) is 1. The van der Waals surface area contributed by atoms with Gasteiger partial charge in [0.25, 0.3) is 10.1 Å². The summed E-state index contributed by atoms with van der Waals surface area (Å²) in [6.45, 7) is 3.98. The van der Waals surface area contributed by atoms with E-state index in [0.29, 0.717) is 29.2 Å². The summed E-state index contributed by atoms with van der Waals surface area (Å²) in [5.74, 6) is 1.05. The van der Waals surface area contributed by atoms with Crippen molar-refractivity contribution >= 4 is 16.0 Å². The Morgan fingerprint density at radius 3 is 2.43 bits per heavy atom. The largest absolute Gasteiger partial charge is 0.493 e. The number of benzene rings is 1. The molecule has 0 fully saturated rings. The molecule has 10 heteroatoms. The second kappa shape index (κ2) is 12.8. The molecule has 0 aliphatic carbocycles. The molecule has 1 heterocycles. The van der Waals surface area contributed by atoms with Crippen molar-refractivity contribution < 1.29 is 27.2 Å². The summed E-state index contributed by atoms with van der Waals surface area (Å²) in [5.41, 5.74) is 6.66. The maximum absolute atomic E-state index is 11.1. The Bertz CT molecular complexity index is 893. The minimum Gasteiger partial charge on any atom is -0.493 e. The quantitative estimate of drug-likeness (QED) is 0.379. The molecule has 4 N–H and O–H groups in total. The number of amides is 1. The number of hydrogen-bond donors (Lipinski definition) is 3. The number of carbonyl (C=O) groups is 1. The molecule has 2 aromatic rings. The highest BCUT2D eigenvalue weighted by molar-refractivity contribution is 7.85. The molecule has 0 saturated carbocycles. The first-order valence-electron chi connectivity index (χ1n) is 9.37. The molecule has 0 bridgehead atoms. The lowest BCUT2D eigenvalue weighted by Gasteiger charge is -2.12. The molecule has 0 aliphatic rings. The van der Waals surface area contributed by atoms with E-state index in [1.165, 1.54) is 25.5 Å². The summed E-state index contributed by atoms with van der Waals surface area (Å²) in [5, 5.41) is 3.42. The lowest BCUT2D eigenvalue weighted by molar-refractivity contribution is 0.1000. The van der Waals surface area contributed by atoms with Crippen LogP contribution in [-0.4, -0.2) is 43.8 Å². The van der Waals surface area contributed by atoms with Crippen molar-refractivity contribution in [2.75, 3.05) is 19.9 Å². The molecule has 9 nitrogen and oxygen atoms in total. The van der Waals surface area contributed by atoms with Crippen molar-refractivity contribution in [1.82, 2.24) is 10.3 Å². The van der Waals surface area contributed by atoms with Gasteiger partial charge in [-0.25, -0.2) is 4.98 Å². The molecular weight excluding hydrogens is 410 g/mol. The van der Waals surface area contributed by atoms with E-state index in [-0.39, 0.29) is 0 Å². The molecule has 1 aromatic carbocycles. The van der Waals surface area contributed by atoms with Gasteiger partial charge in [0.2, 0.25) is 11.8 Å². The summed E-state index contributed by atoms with van der Waals surface area (Å²) in [7, 11) is -2.07. The van der Waals surface area contributed by atoms with Gasteiger partial charge in [-0.1, -0.05) is 25.8 Å². The third-order valence-electron chi connectivity index (χ3n) is 3.75. The second-order valence-corrected chi connectivity index (χ2v) is 7.92. The lowest BCUT2D eigenvalue weighted by atomic mass is 10.2. The topological polar surface area (TPSA) is 141 Å². The number of rotatable bonds is 10. The van der Waals surface area contributed by atoms with Gasteiger partial charge >= 0.3 is 0 Å². The van der Waals surface area contributed by atoms with Gasteiger partial charge < -0.3 is 20.5 Å². The number of methoxy groups -OCH3 is 1. The Hall–Kier alpha value is -2.69. The van der Waals surface area contributed by atoms with Crippen molar-refractivity contribution in [2.45, 2.75) is 32.7 Å². The number of nitrogens with zero attached hydrogens (tertiary/aromatic N) is 1. The zero-order chi connectivity index (χ0) is 22.6. The van der Waals surface area contributed by atoms with Crippen LogP contribution in [-0.2, 0) is 16.7 Å². The Morgan fingerprint density at radius 1 is 1.20 bits per heavy atom. The van der Waals surface area contributed by atoms with E-state index < -0.39 is 16.0 Å². The van der Waals surface area contributed by atoms with Crippen LogP contribution in [0.15, 0.2) is 36.5 Å². The predicted molar refractivity (Wildman–Crippen MR) is 115 cm³/mol. The molecule has 0 spiro atoms. The molecule has 2 rings (SSSR count). The average molecular weight is 440 g/mol. The Labute approximate surface area is 177 Å². The van der Waals surface area contributed by atoms with Crippen LogP contribution in [0.4, 0.5) is 0 Å². The number of nitrogens with two attached hydrogens (primary N) is 1. The van der Waals surface area contributed by atoms with Crippen molar-refractivity contribution in [3.05, 3.63) is 47.7 Å². The van der Waals surface area contributed by atoms with Crippen LogP contribution in [0.3, 0.4) is 0 Å². The van der Waals surface area contributed by atoms with Crippen molar-refractivity contribution in [3.63, 3.8) is 0 Å². The highest BCUT2D eigenvalue weighted by Gasteiger charge is 2.09. The van der Waals surface area contributed by atoms with Gasteiger partial charge in [-0.3, -0.25) is 9.35 Å². The van der Waals surface area contributed by atoms with Crippen LogP contribution < -0.4 is 20.5 Å². The minimum absolute atomic E-state index is 0.337. The van der Waals surface area contributed by atoms with E-state index in [1.807, 2.05) is 18.2 Å². The molecule has 1 aromatic heterocycles. The Kier molecular flexibility index (Phi) is 10.8. The van der Waals surface area contributed by atoms with Crippen LogP contribution in [0.2, 0.25) is 0 Å². The van der Waals surface area contributed by atoms with E-state index >= 15 is 0 Å². The SMILES string of the molecule is CCCCCNCc1ccc(Oc2ccc(C(N)=O)cn2)c(OC)c1.CS(=O)(=O)O. The lowest BCUT2D eigenvalue weighted by Crippen LogP contribution is -2.14. The molecule has 0 radical (unpaired) electrons. The fourth-order valence-electron chi connectivity index (χ4n) is 2.34. The molecule has 1 amide bonds. The highest BCUT2D eigenvalue weighted by Crippen LogP contribution is 2.31. The van der Waals surface area contributed by atoms with Gasteiger partial charge in [0, 0.05) is 18.8 Å². The van der Waals surface area contributed by atoms with E-state index in [0.717, 1.165) is 18.7 Å². The number of ether oxygens (including phenoxy) is 2. The van der Waals surface area contributed by atoms with Crippen LogP contribution in [0.5, 0.6) is 17.4 Å². The van der Waals surface area contributed by atoms with Gasteiger partial charge in [-0.2, -0.15) is 8.42 Å². The maximum atomic E-state index is 11.1. The first-order valence-corrected chi connectivity index (χ1v) is 11.2. The predicted octanol–water partition coefficient (Wildman–Crippen LogP) is 2.77. The maximum Gasteiger partial charge on any atom is 0.261 e. The summed E-state index contributed by atoms with van der Waals surface area (Å²) < 4.78 is 37.0. The summed E-state index contributed by atoms with van der Waals surface area (Å²) in [6.07, 6.45) is 5.74. The fraction of sp³-hybridized carbons (Fsp3) is 0.400. The Balaban J connectivity index is 0.000000804. The van der Waals surface area contributed by atoms with Gasteiger partial charge in [0.1, 0.15) is 0 Å². The number of primary amides is 1. The number of aromatic nitrogens is 1. The van der Waals surface area contributed by atoms with Crippen molar-refractivity contribution in [1.29, 1.82) is 0 Å². The van der Waals surface area contributed by atoms with E-state index in [2.05, 4.69) is 17.2 Å². The van der Waals surface area contributed by atoms with Crippen LogP contribution >= 0.6 is 0 Å². The first-order chi connectivity index (χ1) is 14.1. The van der Waals surface area contributed by atoms with E-state index in [4.69, 9.17) is 19.8 Å². The molecule has 0 aliphatic heterocycles. The fourth-order valence-corrected chi connectivity index (χ4v) is 2.34. The summed E-state index contributed by atoms with van der Waals surface area (Å²) in [4.78, 5) is 15.1. The first kappa shape index (κ1) is 25.3. The standard InChI is InChI=1S/C19H25N3O3.CH4O3S/c1-3-4-5-10-21-12-14-6-8-16(17(11-14)24-2)25-18-9-7-15(13-22-18)19(20)23;1-5(2,3)4/h6-9,11,13,21H,3-5,10,12H2,1-2H3,(H2,20,23);1H3,(H,2,3,4). The molecule has 166 valence electrons. The average Bonchev–Trinajstić information content (AvgIpc) is 2.68. The Morgan fingerprint density at radius 2 is 1.90 bits per heavy atom. The minimum atomic E-state index is -3.67. The molecule has 0 saturated heterocycles. The van der Waals surface area contributed by atoms with E-state index in [1.54, 1.807) is 19.2 Å². The molecule has 30 heavy (non-hydrogen) atoms. The van der Waals surface area contributed by atoms with Crippen LogP contribution in [0.1, 0.15) is 42.1 Å². The van der Waals surface area contributed by atoms with Gasteiger partial charge in [0.05, 0.1) is 18.9 Å². The smallest absolute Gasteiger partial charge is 0.261 e. The number of carbonyl (C=O) groups excluding carboxylic acids is 1. The number of pyridine rings is 1. The molecule has 0 atom stereocenters. The summed E-state index contributed by atoms with van der Waals surface area (Å²) >= 11 is 0. The molecular formula is C20H29N3O6S. The van der Waals surface area contributed by atoms with Crippen LogP contribution in [0, 0.1) is 0 Å². The van der Waals surface area contributed by atoms with E-state index in [9.17, 15) is 13.2 Å². The van der Waals surface area contributed by atoms with Crippen molar-refractivity contribution in [3.8, 4) is 17.4 Å². The zero-order valence-corrected chi connectivity index (χ0v) is 18.2. The normalized spacial score (nSPS) is 10.7. The zero-order valence-electron chi connectivity index (χ0n) is 17.4. The third-order valence-corrected chi connectivity index (χ3v) is 3.75. The van der Waals surface area contributed by atoms with Crippen molar-refractivity contribution in [2.24, 2.45) is 5.73 Å². The number of unbranched alkanes of at least 4 members (excludes halogenated alkanes) is 2. The third kappa shape index (κ3) is 10.7. The van der Waals surface area contributed by atoms with Gasteiger partial charge in [-0.05, 0) is 36.7 Å². The second-order valence-electron chi connectivity index (χ2n) is 6.45. The van der Waals surface area contributed by atoms with Gasteiger partial charge in [0.15, 0.2) is 11.5 Å². The summed E-state index contributed by atoms with van der Waals surface area (Å²) in [6, 6.07) is 8.96. The van der Waals surface area contributed by atoms with Crippen LogP contribution in [0.25, 0.3) is 0 Å². The number of hydrogen-bond acceptors (Lipinski definition) is 7.